The minimum atomic E-state index is -3.44. The molecule has 0 aliphatic carbocycles. The number of methoxy groups -OCH3 is 1. The Balaban J connectivity index is 3.65. The van der Waals surface area contributed by atoms with E-state index in [9.17, 15) is 13.5 Å². The van der Waals surface area contributed by atoms with Crippen molar-refractivity contribution in [3.8, 4) is 5.75 Å². The van der Waals surface area contributed by atoms with Crippen LogP contribution < -0.4 is 4.74 Å². The number of aliphatic hydroxyl groups is 1. The minimum Gasteiger partial charge on any atom is -0.495 e. The van der Waals surface area contributed by atoms with E-state index in [4.69, 9.17) is 4.74 Å². The Kier molecular flexibility index (Phi) is 3.30. The lowest BCUT2D eigenvalue weighted by atomic mass is 9.98. The van der Waals surface area contributed by atoms with Gasteiger partial charge in [0.25, 0.3) is 0 Å². The van der Waals surface area contributed by atoms with Gasteiger partial charge in [0.05, 0.1) is 12.7 Å². The predicted octanol–water partition coefficient (Wildman–Crippen LogP) is 1.33. The molecule has 1 aromatic carbocycles. The molecule has 1 N–H and O–H groups in total. The lowest BCUT2D eigenvalue weighted by Crippen LogP contribution is -2.20. The van der Waals surface area contributed by atoms with Crippen molar-refractivity contribution in [3.63, 3.8) is 0 Å². The molecule has 0 saturated carbocycles. The van der Waals surface area contributed by atoms with Gasteiger partial charge in [-0.1, -0.05) is 12.1 Å². The summed E-state index contributed by atoms with van der Waals surface area (Å²) in [5.41, 5.74) is -0.887. The maximum Gasteiger partial charge on any atom is 0.179 e. The van der Waals surface area contributed by atoms with Crippen molar-refractivity contribution in [1.29, 1.82) is 0 Å². The molecule has 0 bridgehead atoms. The molecule has 0 aromatic heterocycles. The number of hydrogen-bond donors (Lipinski definition) is 1. The monoisotopic (exact) mass is 244 g/mol. The van der Waals surface area contributed by atoms with Gasteiger partial charge in [0.15, 0.2) is 9.84 Å². The fourth-order valence-electron chi connectivity index (χ4n) is 1.54. The molecule has 1 rings (SSSR count). The Labute approximate surface area is 95.8 Å². The molecule has 0 amide bonds. The van der Waals surface area contributed by atoms with Gasteiger partial charge in [0, 0.05) is 11.8 Å². The maximum atomic E-state index is 11.7. The summed E-state index contributed by atoms with van der Waals surface area (Å²) in [7, 11) is -2.04. The maximum absolute atomic E-state index is 11.7. The van der Waals surface area contributed by atoms with Crippen LogP contribution in [0.1, 0.15) is 19.4 Å². The highest BCUT2D eigenvalue weighted by Crippen LogP contribution is 2.33. The first-order valence-corrected chi connectivity index (χ1v) is 6.67. The summed E-state index contributed by atoms with van der Waals surface area (Å²) in [6.45, 7) is 3.08. The molecule has 0 heterocycles. The fourth-order valence-corrected chi connectivity index (χ4v) is 2.77. The lowest BCUT2D eigenvalue weighted by molar-refractivity contribution is 0.0750. The molecule has 0 atom stereocenters. The van der Waals surface area contributed by atoms with E-state index in [-0.39, 0.29) is 10.6 Å². The Morgan fingerprint density at radius 3 is 2.25 bits per heavy atom. The van der Waals surface area contributed by atoms with Crippen LogP contribution in [0.2, 0.25) is 0 Å². The molecule has 0 aliphatic heterocycles. The fraction of sp³-hybridized carbons (Fsp3) is 0.455. The van der Waals surface area contributed by atoms with Crippen LogP contribution >= 0.6 is 0 Å². The average molecular weight is 244 g/mol. The third kappa shape index (κ3) is 2.54. The van der Waals surface area contributed by atoms with Gasteiger partial charge < -0.3 is 9.84 Å². The van der Waals surface area contributed by atoms with E-state index in [0.717, 1.165) is 6.26 Å². The molecular weight excluding hydrogens is 228 g/mol. The molecule has 5 heteroatoms. The van der Waals surface area contributed by atoms with Gasteiger partial charge in [-0.05, 0) is 19.9 Å². The van der Waals surface area contributed by atoms with Crippen LogP contribution in [0.5, 0.6) is 5.75 Å². The zero-order chi connectivity index (χ0) is 12.6. The van der Waals surface area contributed by atoms with E-state index in [0.29, 0.717) is 5.56 Å². The standard InChI is InChI=1S/C11H16O4S/c1-11(2,12)8-6-5-7-9(15-3)10(8)16(4,13)14/h5-7,12H,1-4H3. The van der Waals surface area contributed by atoms with Crippen molar-refractivity contribution in [2.45, 2.75) is 24.3 Å². The molecule has 0 spiro atoms. The second-order valence-electron chi connectivity index (χ2n) is 4.17. The number of benzene rings is 1. The summed E-state index contributed by atoms with van der Waals surface area (Å²) in [4.78, 5) is 0.0463. The Hall–Kier alpha value is -1.07. The van der Waals surface area contributed by atoms with Gasteiger partial charge in [-0.2, -0.15) is 0 Å². The molecule has 0 aliphatic rings. The largest absolute Gasteiger partial charge is 0.495 e. The van der Waals surface area contributed by atoms with E-state index in [1.165, 1.54) is 21.0 Å². The normalized spacial score (nSPS) is 12.6. The topological polar surface area (TPSA) is 63.6 Å². The van der Waals surface area contributed by atoms with E-state index in [2.05, 4.69) is 0 Å². The highest BCUT2D eigenvalue weighted by atomic mass is 32.2. The zero-order valence-electron chi connectivity index (χ0n) is 9.81. The molecule has 16 heavy (non-hydrogen) atoms. The summed E-state index contributed by atoms with van der Waals surface area (Å²) in [6, 6.07) is 4.80. The predicted molar refractivity (Wildman–Crippen MR) is 61.3 cm³/mol. The minimum absolute atomic E-state index is 0.0463. The van der Waals surface area contributed by atoms with Crippen LogP contribution in [0.15, 0.2) is 23.1 Å². The van der Waals surface area contributed by atoms with Gasteiger partial charge >= 0.3 is 0 Å². The van der Waals surface area contributed by atoms with Crippen molar-refractivity contribution < 1.29 is 18.3 Å². The third-order valence-electron chi connectivity index (χ3n) is 2.23. The molecule has 0 unspecified atom stereocenters. The first-order chi connectivity index (χ1) is 7.18. The van der Waals surface area contributed by atoms with E-state index in [1.807, 2.05) is 0 Å². The summed E-state index contributed by atoms with van der Waals surface area (Å²) in [5, 5.41) is 9.93. The molecule has 90 valence electrons. The zero-order valence-corrected chi connectivity index (χ0v) is 10.6. The van der Waals surface area contributed by atoms with Gasteiger partial charge in [-0.3, -0.25) is 0 Å². The first-order valence-electron chi connectivity index (χ1n) is 4.78. The van der Waals surface area contributed by atoms with Gasteiger partial charge in [0.1, 0.15) is 10.6 Å². The molecule has 1 aromatic rings. The molecule has 0 radical (unpaired) electrons. The van der Waals surface area contributed by atoms with E-state index < -0.39 is 15.4 Å². The first kappa shape index (κ1) is 13.0. The van der Waals surface area contributed by atoms with Crippen molar-refractivity contribution in [2.24, 2.45) is 0 Å². The quantitative estimate of drug-likeness (QED) is 0.871. The van der Waals surface area contributed by atoms with Crippen LogP contribution in [0.25, 0.3) is 0 Å². The van der Waals surface area contributed by atoms with Crippen LogP contribution in [0.4, 0.5) is 0 Å². The van der Waals surface area contributed by atoms with Crippen molar-refractivity contribution in [1.82, 2.24) is 0 Å². The van der Waals surface area contributed by atoms with E-state index >= 15 is 0 Å². The van der Waals surface area contributed by atoms with Gasteiger partial charge in [-0.15, -0.1) is 0 Å². The smallest absolute Gasteiger partial charge is 0.179 e. The number of sulfone groups is 1. The lowest BCUT2D eigenvalue weighted by Gasteiger charge is -2.22. The van der Waals surface area contributed by atoms with Crippen LogP contribution in [-0.2, 0) is 15.4 Å². The summed E-state index contributed by atoms with van der Waals surface area (Å²) < 4.78 is 28.4. The van der Waals surface area contributed by atoms with E-state index in [1.54, 1.807) is 18.2 Å². The molecular formula is C11H16O4S. The second kappa shape index (κ2) is 4.07. The highest BCUT2D eigenvalue weighted by Gasteiger charge is 2.27. The number of ether oxygens (including phenoxy) is 1. The molecule has 0 saturated heterocycles. The SMILES string of the molecule is COc1cccc(C(C)(C)O)c1S(C)(=O)=O. The van der Waals surface area contributed by atoms with Crippen LogP contribution in [0.3, 0.4) is 0 Å². The Morgan fingerprint density at radius 1 is 1.31 bits per heavy atom. The number of hydrogen-bond acceptors (Lipinski definition) is 4. The average Bonchev–Trinajstić information content (AvgIpc) is 2.13. The second-order valence-corrected chi connectivity index (χ2v) is 6.12. The summed E-state index contributed by atoms with van der Waals surface area (Å²) in [5.74, 6) is 0.252. The van der Waals surface area contributed by atoms with Gasteiger partial charge in [-0.25, -0.2) is 8.42 Å². The molecule has 0 fully saturated rings. The van der Waals surface area contributed by atoms with Crippen molar-refractivity contribution >= 4 is 9.84 Å². The Bertz CT molecular complexity index is 483. The highest BCUT2D eigenvalue weighted by molar-refractivity contribution is 7.90. The molecule has 4 nitrogen and oxygen atoms in total. The Morgan fingerprint density at radius 2 is 1.88 bits per heavy atom. The van der Waals surface area contributed by atoms with Crippen molar-refractivity contribution in [3.05, 3.63) is 23.8 Å². The van der Waals surface area contributed by atoms with Gasteiger partial charge in [0.2, 0.25) is 0 Å². The third-order valence-corrected chi connectivity index (χ3v) is 3.39. The summed E-state index contributed by atoms with van der Waals surface area (Å²) >= 11 is 0. The van der Waals surface area contributed by atoms with Crippen molar-refractivity contribution in [2.75, 3.05) is 13.4 Å². The van der Waals surface area contributed by atoms with Crippen LogP contribution in [0, 0.1) is 0 Å². The number of rotatable bonds is 3. The van der Waals surface area contributed by atoms with Crippen LogP contribution in [-0.4, -0.2) is 26.9 Å². The summed E-state index contributed by atoms with van der Waals surface area (Å²) in [6.07, 6.45) is 1.10.